The standard InChI is InChI=1S/C23H22FN3O2/c24-15-9-11-16(12-10-15)27-20-7-3-1-6-18(20)22(26-27)23(28)25-19-13-14-29-21-8-4-2-5-17(19)21/h2,4-5,8-12,19H,1,3,6-7,13-14H2,(H,25,28)/t19-/m0/s1. The average Bonchev–Trinajstić information content (AvgIpc) is 3.14. The zero-order valence-corrected chi connectivity index (χ0v) is 16.0. The highest BCUT2D eigenvalue weighted by atomic mass is 19.1. The van der Waals surface area contributed by atoms with E-state index in [1.54, 1.807) is 16.8 Å². The average molecular weight is 391 g/mol. The summed E-state index contributed by atoms with van der Waals surface area (Å²) in [5.74, 6) is 0.375. The second kappa shape index (κ2) is 7.35. The molecular formula is C23H22FN3O2. The van der Waals surface area contributed by atoms with Crippen molar-refractivity contribution in [1.82, 2.24) is 15.1 Å². The molecule has 0 saturated carbocycles. The fourth-order valence-electron chi connectivity index (χ4n) is 4.30. The van der Waals surface area contributed by atoms with Crippen LogP contribution in [0.3, 0.4) is 0 Å². The number of benzene rings is 2. The Hall–Kier alpha value is -3.15. The van der Waals surface area contributed by atoms with Gasteiger partial charge in [0.2, 0.25) is 0 Å². The van der Waals surface area contributed by atoms with Gasteiger partial charge < -0.3 is 10.1 Å². The molecule has 0 fully saturated rings. The minimum absolute atomic E-state index is 0.0948. The summed E-state index contributed by atoms with van der Waals surface area (Å²) in [4.78, 5) is 13.2. The third-order valence-electron chi connectivity index (χ3n) is 5.73. The Morgan fingerprint density at radius 2 is 1.90 bits per heavy atom. The van der Waals surface area contributed by atoms with Crippen LogP contribution in [0.4, 0.5) is 4.39 Å². The van der Waals surface area contributed by atoms with Crippen LogP contribution in [0.25, 0.3) is 5.69 Å². The summed E-state index contributed by atoms with van der Waals surface area (Å²) in [6.45, 7) is 0.573. The van der Waals surface area contributed by atoms with Gasteiger partial charge in [0.25, 0.3) is 5.91 Å². The van der Waals surface area contributed by atoms with Crippen molar-refractivity contribution >= 4 is 5.91 Å². The van der Waals surface area contributed by atoms with Crippen LogP contribution in [0.1, 0.15) is 52.6 Å². The van der Waals surface area contributed by atoms with E-state index in [1.165, 1.54) is 12.1 Å². The minimum Gasteiger partial charge on any atom is -0.493 e. The molecule has 2 aliphatic rings. The number of nitrogens with zero attached hydrogens (tertiary/aromatic N) is 2. The van der Waals surface area contributed by atoms with Gasteiger partial charge in [0.05, 0.1) is 18.3 Å². The number of carbonyl (C=O) groups is 1. The van der Waals surface area contributed by atoms with Crippen LogP contribution in [0, 0.1) is 5.82 Å². The first-order chi connectivity index (χ1) is 14.2. The van der Waals surface area contributed by atoms with Crippen molar-refractivity contribution in [2.24, 2.45) is 0 Å². The molecule has 3 aromatic rings. The zero-order chi connectivity index (χ0) is 19.8. The number of nitrogens with one attached hydrogen (secondary N) is 1. The first kappa shape index (κ1) is 17.9. The van der Waals surface area contributed by atoms with Gasteiger partial charge >= 0.3 is 0 Å². The zero-order valence-electron chi connectivity index (χ0n) is 16.0. The monoisotopic (exact) mass is 391 g/mol. The van der Waals surface area contributed by atoms with E-state index in [2.05, 4.69) is 10.4 Å². The maximum atomic E-state index is 13.4. The lowest BCUT2D eigenvalue weighted by Gasteiger charge is -2.26. The van der Waals surface area contributed by atoms with E-state index in [0.717, 1.165) is 60.4 Å². The Morgan fingerprint density at radius 3 is 2.76 bits per heavy atom. The Labute approximate surface area is 168 Å². The third kappa shape index (κ3) is 3.28. The van der Waals surface area contributed by atoms with Gasteiger partial charge in [0, 0.05) is 23.2 Å². The molecule has 1 aliphatic carbocycles. The van der Waals surface area contributed by atoms with Crippen LogP contribution in [-0.2, 0) is 12.8 Å². The Morgan fingerprint density at radius 1 is 1.10 bits per heavy atom. The second-order valence-electron chi connectivity index (χ2n) is 7.57. The molecule has 1 N–H and O–H groups in total. The molecule has 0 unspecified atom stereocenters. The van der Waals surface area contributed by atoms with E-state index < -0.39 is 0 Å². The summed E-state index contributed by atoms with van der Waals surface area (Å²) in [5.41, 5.74) is 4.32. The first-order valence-electron chi connectivity index (χ1n) is 10.1. The van der Waals surface area contributed by atoms with Crippen LogP contribution in [0.5, 0.6) is 5.75 Å². The molecule has 148 valence electrons. The number of aromatic nitrogens is 2. The smallest absolute Gasteiger partial charge is 0.272 e. The lowest BCUT2D eigenvalue weighted by Crippen LogP contribution is -2.33. The van der Waals surface area contributed by atoms with Gasteiger partial charge in [-0.3, -0.25) is 4.79 Å². The normalized spacial score (nSPS) is 17.8. The highest BCUT2D eigenvalue weighted by Crippen LogP contribution is 2.32. The molecule has 1 aliphatic heterocycles. The highest BCUT2D eigenvalue weighted by Gasteiger charge is 2.29. The van der Waals surface area contributed by atoms with Crippen molar-refractivity contribution in [1.29, 1.82) is 0 Å². The molecule has 2 heterocycles. The molecule has 5 rings (SSSR count). The van der Waals surface area contributed by atoms with Crippen molar-refractivity contribution in [3.8, 4) is 11.4 Å². The topological polar surface area (TPSA) is 56.1 Å². The molecule has 1 amide bonds. The van der Waals surface area contributed by atoms with Crippen molar-refractivity contribution in [2.75, 3.05) is 6.61 Å². The fourth-order valence-corrected chi connectivity index (χ4v) is 4.30. The van der Waals surface area contributed by atoms with Crippen LogP contribution < -0.4 is 10.1 Å². The molecule has 0 bridgehead atoms. The quantitative estimate of drug-likeness (QED) is 0.730. The predicted molar refractivity (Wildman–Crippen MR) is 107 cm³/mol. The maximum absolute atomic E-state index is 13.4. The Kier molecular flexibility index (Phi) is 4.54. The summed E-state index contributed by atoms with van der Waals surface area (Å²) >= 11 is 0. The van der Waals surface area contributed by atoms with E-state index in [-0.39, 0.29) is 17.8 Å². The molecule has 1 atom stereocenters. The molecule has 6 heteroatoms. The largest absolute Gasteiger partial charge is 0.493 e. The van der Waals surface area contributed by atoms with E-state index in [1.807, 2.05) is 24.3 Å². The van der Waals surface area contributed by atoms with Crippen molar-refractivity contribution in [3.63, 3.8) is 0 Å². The lowest BCUT2D eigenvalue weighted by atomic mass is 9.95. The van der Waals surface area contributed by atoms with Gasteiger partial charge in [0.1, 0.15) is 11.6 Å². The van der Waals surface area contributed by atoms with Gasteiger partial charge in [0.15, 0.2) is 5.69 Å². The molecule has 2 aromatic carbocycles. The maximum Gasteiger partial charge on any atom is 0.272 e. The molecule has 29 heavy (non-hydrogen) atoms. The number of hydrogen-bond acceptors (Lipinski definition) is 3. The number of hydrogen-bond donors (Lipinski definition) is 1. The van der Waals surface area contributed by atoms with Crippen LogP contribution in [0.2, 0.25) is 0 Å². The number of carbonyl (C=O) groups excluding carboxylic acids is 1. The molecule has 0 spiro atoms. The fraction of sp³-hybridized carbons (Fsp3) is 0.304. The summed E-state index contributed by atoms with van der Waals surface area (Å²) in [6.07, 6.45) is 4.54. The molecule has 0 radical (unpaired) electrons. The molecular weight excluding hydrogens is 369 g/mol. The van der Waals surface area contributed by atoms with Gasteiger partial charge in [-0.2, -0.15) is 5.10 Å². The molecule has 1 aromatic heterocycles. The number of rotatable bonds is 3. The summed E-state index contributed by atoms with van der Waals surface area (Å²) in [6, 6.07) is 14.0. The SMILES string of the molecule is O=C(N[C@H]1CCOc2ccccc21)c1nn(-c2ccc(F)cc2)c2c1CCCC2. The number of amides is 1. The van der Waals surface area contributed by atoms with Crippen molar-refractivity contribution < 1.29 is 13.9 Å². The van der Waals surface area contributed by atoms with Gasteiger partial charge in [-0.1, -0.05) is 18.2 Å². The number of halogens is 1. The molecule has 5 nitrogen and oxygen atoms in total. The van der Waals surface area contributed by atoms with Gasteiger partial charge in [-0.25, -0.2) is 9.07 Å². The lowest BCUT2D eigenvalue weighted by molar-refractivity contribution is 0.0918. The highest BCUT2D eigenvalue weighted by molar-refractivity contribution is 5.94. The summed E-state index contributed by atoms with van der Waals surface area (Å²) < 4.78 is 20.9. The van der Waals surface area contributed by atoms with Crippen LogP contribution in [-0.4, -0.2) is 22.3 Å². The van der Waals surface area contributed by atoms with E-state index in [0.29, 0.717) is 12.3 Å². The number of ether oxygens (including phenoxy) is 1. The van der Waals surface area contributed by atoms with Crippen LogP contribution in [0.15, 0.2) is 48.5 Å². The van der Waals surface area contributed by atoms with Gasteiger partial charge in [-0.15, -0.1) is 0 Å². The second-order valence-corrected chi connectivity index (χ2v) is 7.57. The number of fused-ring (bicyclic) bond motifs is 2. The first-order valence-corrected chi connectivity index (χ1v) is 10.1. The van der Waals surface area contributed by atoms with E-state index in [9.17, 15) is 9.18 Å². The van der Waals surface area contributed by atoms with E-state index >= 15 is 0 Å². The van der Waals surface area contributed by atoms with Crippen molar-refractivity contribution in [3.05, 3.63) is 76.9 Å². The molecule has 0 saturated heterocycles. The third-order valence-corrected chi connectivity index (χ3v) is 5.73. The predicted octanol–water partition coefficient (Wildman–Crippen LogP) is 4.14. The van der Waals surface area contributed by atoms with Crippen molar-refractivity contribution in [2.45, 2.75) is 38.1 Å². The summed E-state index contributed by atoms with van der Waals surface area (Å²) in [5, 5.41) is 7.82. The van der Waals surface area contributed by atoms with Gasteiger partial charge in [-0.05, 0) is 56.0 Å². The van der Waals surface area contributed by atoms with Crippen LogP contribution >= 0.6 is 0 Å². The summed E-state index contributed by atoms with van der Waals surface area (Å²) in [7, 11) is 0. The minimum atomic E-state index is -0.286. The Bertz CT molecular complexity index is 1060. The van der Waals surface area contributed by atoms with E-state index in [4.69, 9.17) is 4.74 Å². The Balaban J connectivity index is 1.48. The number of para-hydroxylation sites is 1.